The molecule has 0 aliphatic heterocycles. The molecule has 4 nitrogen and oxygen atoms in total. The second-order valence-corrected chi connectivity index (χ2v) is 5.20. The highest BCUT2D eigenvalue weighted by Gasteiger charge is 2.14. The fourth-order valence-corrected chi connectivity index (χ4v) is 2.37. The molecular formula is C18H18N4. The van der Waals surface area contributed by atoms with E-state index in [1.165, 1.54) is 5.56 Å². The van der Waals surface area contributed by atoms with Crippen molar-refractivity contribution < 1.29 is 0 Å². The first kappa shape index (κ1) is 14.2. The minimum absolute atomic E-state index is 0.310. The van der Waals surface area contributed by atoms with Gasteiger partial charge in [0, 0.05) is 23.2 Å². The largest absolute Gasteiger partial charge is 0.383 e. The Balaban J connectivity index is 2.19. The normalized spacial score (nSPS) is 10.6. The van der Waals surface area contributed by atoms with E-state index in [2.05, 4.69) is 24.0 Å². The molecule has 2 aromatic carbocycles. The van der Waals surface area contributed by atoms with E-state index in [1.807, 2.05) is 42.5 Å². The Labute approximate surface area is 129 Å². The minimum Gasteiger partial charge on any atom is -0.383 e. The summed E-state index contributed by atoms with van der Waals surface area (Å²) >= 11 is 0. The van der Waals surface area contributed by atoms with Crippen LogP contribution in [0, 0.1) is 6.92 Å². The summed E-state index contributed by atoms with van der Waals surface area (Å²) < 4.78 is 0. The summed E-state index contributed by atoms with van der Waals surface area (Å²) in [6.07, 6.45) is 0. The molecule has 110 valence electrons. The number of hydrogen-bond donors (Lipinski definition) is 2. The molecule has 3 aromatic rings. The van der Waals surface area contributed by atoms with E-state index in [9.17, 15) is 0 Å². The summed E-state index contributed by atoms with van der Waals surface area (Å²) in [7, 11) is 0. The Bertz CT molecular complexity index is 780. The van der Waals surface area contributed by atoms with Gasteiger partial charge in [0.2, 0.25) is 0 Å². The first-order chi connectivity index (χ1) is 10.7. The van der Waals surface area contributed by atoms with Gasteiger partial charge in [-0.1, -0.05) is 60.2 Å². The number of nitrogens with two attached hydrogens (primary N) is 2. The molecule has 0 aliphatic rings. The van der Waals surface area contributed by atoms with Crippen LogP contribution in [0.25, 0.3) is 22.6 Å². The highest BCUT2D eigenvalue weighted by Crippen LogP contribution is 2.28. The molecule has 22 heavy (non-hydrogen) atoms. The minimum atomic E-state index is 0.310. The number of rotatable bonds is 3. The molecule has 0 saturated heterocycles. The van der Waals surface area contributed by atoms with Crippen LogP contribution in [0.15, 0.2) is 54.6 Å². The maximum atomic E-state index is 6.11. The summed E-state index contributed by atoms with van der Waals surface area (Å²) in [4.78, 5) is 9.11. The molecule has 0 saturated carbocycles. The zero-order chi connectivity index (χ0) is 15.5. The number of benzene rings is 2. The van der Waals surface area contributed by atoms with Crippen LogP contribution < -0.4 is 11.5 Å². The molecule has 0 unspecified atom stereocenters. The highest BCUT2D eigenvalue weighted by atomic mass is 15.0. The van der Waals surface area contributed by atoms with E-state index >= 15 is 0 Å². The lowest BCUT2D eigenvalue weighted by Crippen LogP contribution is -2.09. The number of anilines is 1. The standard InChI is InChI=1S/C18H18N4/c1-12-7-9-13(10-8-12)16-15(11-19)17(20)22-18(21-16)14-5-3-2-4-6-14/h2-10H,11,19H2,1H3,(H2,20,21,22). The van der Waals surface area contributed by atoms with Gasteiger partial charge in [0.1, 0.15) is 5.82 Å². The zero-order valence-electron chi connectivity index (χ0n) is 12.5. The summed E-state index contributed by atoms with van der Waals surface area (Å²) in [6, 6.07) is 18.0. The van der Waals surface area contributed by atoms with Crippen molar-refractivity contribution in [2.24, 2.45) is 5.73 Å². The van der Waals surface area contributed by atoms with E-state index in [-0.39, 0.29) is 0 Å². The summed E-state index contributed by atoms with van der Waals surface area (Å²) in [5.41, 5.74) is 16.7. The van der Waals surface area contributed by atoms with E-state index in [1.54, 1.807) is 0 Å². The SMILES string of the molecule is Cc1ccc(-c2nc(-c3ccccc3)nc(N)c2CN)cc1. The molecule has 0 amide bonds. The van der Waals surface area contributed by atoms with Crippen LogP contribution in [0.4, 0.5) is 5.82 Å². The van der Waals surface area contributed by atoms with Crippen molar-refractivity contribution in [2.45, 2.75) is 13.5 Å². The van der Waals surface area contributed by atoms with Crippen molar-refractivity contribution in [3.63, 3.8) is 0 Å². The van der Waals surface area contributed by atoms with Crippen molar-refractivity contribution in [3.8, 4) is 22.6 Å². The monoisotopic (exact) mass is 290 g/mol. The maximum absolute atomic E-state index is 6.11. The average Bonchev–Trinajstić information content (AvgIpc) is 2.55. The molecule has 0 aliphatic carbocycles. The lowest BCUT2D eigenvalue weighted by Gasteiger charge is -2.12. The van der Waals surface area contributed by atoms with Crippen molar-refractivity contribution >= 4 is 5.82 Å². The van der Waals surface area contributed by atoms with Crippen LogP contribution in [0.3, 0.4) is 0 Å². The zero-order valence-corrected chi connectivity index (χ0v) is 12.5. The van der Waals surface area contributed by atoms with Gasteiger partial charge in [0.25, 0.3) is 0 Å². The second kappa shape index (κ2) is 5.95. The number of aromatic nitrogens is 2. The molecule has 3 rings (SSSR count). The smallest absolute Gasteiger partial charge is 0.162 e. The Hall–Kier alpha value is -2.72. The third kappa shape index (κ3) is 2.69. The van der Waals surface area contributed by atoms with Gasteiger partial charge in [-0.25, -0.2) is 9.97 Å². The van der Waals surface area contributed by atoms with Gasteiger partial charge in [-0.3, -0.25) is 0 Å². The maximum Gasteiger partial charge on any atom is 0.162 e. The van der Waals surface area contributed by atoms with E-state index in [4.69, 9.17) is 16.5 Å². The Morgan fingerprint density at radius 2 is 1.55 bits per heavy atom. The van der Waals surface area contributed by atoms with Crippen molar-refractivity contribution in [3.05, 3.63) is 65.7 Å². The molecule has 0 fully saturated rings. The number of nitrogens with zero attached hydrogens (tertiary/aromatic N) is 2. The summed E-state index contributed by atoms with van der Waals surface area (Å²) in [6.45, 7) is 2.36. The van der Waals surface area contributed by atoms with E-state index in [0.717, 1.165) is 22.4 Å². The molecular weight excluding hydrogens is 272 g/mol. The van der Waals surface area contributed by atoms with Crippen LogP contribution in [-0.4, -0.2) is 9.97 Å². The quantitative estimate of drug-likeness (QED) is 0.776. The molecule has 0 atom stereocenters. The first-order valence-electron chi connectivity index (χ1n) is 7.18. The van der Waals surface area contributed by atoms with Gasteiger partial charge in [-0.15, -0.1) is 0 Å². The molecule has 4 heteroatoms. The second-order valence-electron chi connectivity index (χ2n) is 5.20. The number of aryl methyl sites for hydroxylation is 1. The number of hydrogen-bond acceptors (Lipinski definition) is 4. The average molecular weight is 290 g/mol. The van der Waals surface area contributed by atoms with Gasteiger partial charge >= 0.3 is 0 Å². The molecule has 1 aromatic heterocycles. The molecule has 0 radical (unpaired) electrons. The highest BCUT2D eigenvalue weighted by molar-refractivity contribution is 5.71. The van der Waals surface area contributed by atoms with Gasteiger partial charge in [-0.2, -0.15) is 0 Å². The summed E-state index contributed by atoms with van der Waals surface area (Å²) in [5.74, 6) is 1.05. The van der Waals surface area contributed by atoms with Crippen molar-refractivity contribution in [2.75, 3.05) is 5.73 Å². The lowest BCUT2D eigenvalue weighted by atomic mass is 10.0. The van der Waals surface area contributed by atoms with Crippen LogP contribution >= 0.6 is 0 Å². The van der Waals surface area contributed by atoms with Gasteiger partial charge in [-0.05, 0) is 6.92 Å². The molecule has 0 bridgehead atoms. The van der Waals surface area contributed by atoms with E-state index < -0.39 is 0 Å². The van der Waals surface area contributed by atoms with Crippen LogP contribution in [-0.2, 0) is 6.54 Å². The van der Waals surface area contributed by atoms with Gasteiger partial charge in [0.05, 0.1) is 5.69 Å². The third-order valence-corrected chi connectivity index (χ3v) is 3.60. The topological polar surface area (TPSA) is 77.8 Å². The Morgan fingerprint density at radius 3 is 2.18 bits per heavy atom. The molecule has 4 N–H and O–H groups in total. The Morgan fingerprint density at radius 1 is 0.864 bits per heavy atom. The molecule has 1 heterocycles. The summed E-state index contributed by atoms with van der Waals surface area (Å²) in [5, 5.41) is 0. The van der Waals surface area contributed by atoms with E-state index in [0.29, 0.717) is 18.2 Å². The predicted molar refractivity (Wildman–Crippen MR) is 89.9 cm³/mol. The predicted octanol–water partition coefficient (Wildman–Crippen LogP) is 3.16. The fourth-order valence-electron chi connectivity index (χ4n) is 2.37. The van der Waals surface area contributed by atoms with Crippen LogP contribution in [0.2, 0.25) is 0 Å². The van der Waals surface area contributed by atoms with Crippen LogP contribution in [0.5, 0.6) is 0 Å². The lowest BCUT2D eigenvalue weighted by molar-refractivity contribution is 1.03. The van der Waals surface area contributed by atoms with Gasteiger partial charge < -0.3 is 11.5 Å². The third-order valence-electron chi connectivity index (χ3n) is 3.60. The fraction of sp³-hybridized carbons (Fsp3) is 0.111. The first-order valence-corrected chi connectivity index (χ1v) is 7.18. The molecule has 0 spiro atoms. The number of nitrogen functional groups attached to an aromatic ring is 1. The van der Waals surface area contributed by atoms with Crippen molar-refractivity contribution in [1.29, 1.82) is 0 Å². The van der Waals surface area contributed by atoms with Crippen molar-refractivity contribution in [1.82, 2.24) is 9.97 Å². The van der Waals surface area contributed by atoms with Gasteiger partial charge in [0.15, 0.2) is 5.82 Å². The van der Waals surface area contributed by atoms with Crippen LogP contribution in [0.1, 0.15) is 11.1 Å². The Kier molecular flexibility index (Phi) is 3.85.